The Labute approximate surface area is 180 Å². The van der Waals surface area contributed by atoms with E-state index in [0.717, 1.165) is 5.56 Å². The molecule has 4 rings (SSSR count). The van der Waals surface area contributed by atoms with E-state index in [1.54, 1.807) is 41.1 Å². The van der Waals surface area contributed by atoms with Gasteiger partial charge in [-0.3, -0.25) is 19.9 Å². The van der Waals surface area contributed by atoms with Gasteiger partial charge >= 0.3 is 0 Å². The fourth-order valence-corrected chi connectivity index (χ4v) is 3.83. The summed E-state index contributed by atoms with van der Waals surface area (Å²) in [5.41, 5.74) is 2.39. The number of ether oxygens (including phenoxy) is 1. The number of rotatable bonds is 6. The largest absolute Gasteiger partial charge is 0.482 e. The monoisotopic (exact) mass is 435 g/mol. The zero-order chi connectivity index (χ0) is 21.8. The lowest BCUT2D eigenvalue weighted by molar-refractivity contribution is -0.385. The molecule has 0 fully saturated rings. The number of nitrogens with one attached hydrogen (secondary N) is 1. The number of nitro groups is 1. The number of hydrogen-bond donors (Lipinski definition) is 1. The standard InChI is InChI=1S/C21H17N5O4S/c1-2-9-22-21-25(23-11-15-5-3-4-6-17(15)26(28)29)18(13-31-21)14-7-8-19-16(10-14)24-20(27)12-30-19/h2-8,10-11,13H,1,9,12H2,(H,24,27). The molecule has 0 unspecified atom stereocenters. The van der Waals surface area contributed by atoms with Gasteiger partial charge in [0.15, 0.2) is 6.61 Å². The molecular formula is C21H17N5O4S. The first kappa shape index (κ1) is 20.2. The molecule has 156 valence electrons. The predicted octanol–water partition coefficient (Wildman–Crippen LogP) is 3.42. The molecule has 1 aromatic heterocycles. The van der Waals surface area contributed by atoms with Crippen molar-refractivity contribution in [1.29, 1.82) is 0 Å². The molecule has 3 aromatic rings. The number of benzene rings is 2. The van der Waals surface area contributed by atoms with Gasteiger partial charge in [-0.2, -0.15) is 5.10 Å². The van der Waals surface area contributed by atoms with Crippen LogP contribution in [-0.4, -0.2) is 34.9 Å². The van der Waals surface area contributed by atoms with Crippen molar-refractivity contribution in [2.45, 2.75) is 0 Å². The van der Waals surface area contributed by atoms with Crippen LogP contribution in [0.2, 0.25) is 0 Å². The van der Waals surface area contributed by atoms with Crippen molar-refractivity contribution < 1.29 is 14.5 Å². The van der Waals surface area contributed by atoms with Crippen LogP contribution in [0.15, 0.2) is 70.6 Å². The quantitative estimate of drug-likeness (QED) is 0.277. The number of amides is 1. The first-order chi connectivity index (χ1) is 15.1. The Balaban J connectivity index is 1.80. The van der Waals surface area contributed by atoms with Crippen molar-refractivity contribution in [2.24, 2.45) is 10.1 Å². The van der Waals surface area contributed by atoms with Gasteiger partial charge in [-0.1, -0.05) is 18.2 Å². The average Bonchev–Trinajstić information content (AvgIpc) is 3.18. The van der Waals surface area contributed by atoms with Crippen molar-refractivity contribution in [3.63, 3.8) is 0 Å². The molecule has 2 aromatic carbocycles. The van der Waals surface area contributed by atoms with Crippen LogP contribution in [0.25, 0.3) is 11.3 Å². The molecule has 0 bridgehead atoms. The molecule has 0 atom stereocenters. The first-order valence-electron chi connectivity index (χ1n) is 9.23. The SMILES string of the molecule is C=CCN=c1scc(-c2ccc3c(c2)NC(=O)CO3)n1N=Cc1ccccc1[N+](=O)[O-]. The molecule has 0 radical (unpaired) electrons. The highest BCUT2D eigenvalue weighted by molar-refractivity contribution is 7.07. The number of nitro benzene ring substituents is 1. The van der Waals surface area contributed by atoms with E-state index in [9.17, 15) is 14.9 Å². The third-order valence-electron chi connectivity index (χ3n) is 4.39. The molecule has 10 heteroatoms. The average molecular weight is 435 g/mol. The smallest absolute Gasteiger partial charge is 0.278 e. The maximum absolute atomic E-state index is 11.7. The van der Waals surface area contributed by atoms with Crippen molar-refractivity contribution in [1.82, 2.24) is 4.68 Å². The number of fused-ring (bicyclic) bond motifs is 1. The van der Waals surface area contributed by atoms with Crippen LogP contribution in [0.4, 0.5) is 11.4 Å². The lowest BCUT2D eigenvalue weighted by Crippen LogP contribution is -2.25. The predicted molar refractivity (Wildman–Crippen MR) is 119 cm³/mol. The number of nitrogens with zero attached hydrogens (tertiary/aromatic N) is 4. The maximum atomic E-state index is 11.7. The second-order valence-electron chi connectivity index (χ2n) is 6.45. The lowest BCUT2D eigenvalue weighted by atomic mass is 10.1. The van der Waals surface area contributed by atoms with Crippen molar-refractivity contribution in [2.75, 3.05) is 18.5 Å². The summed E-state index contributed by atoms with van der Waals surface area (Å²) in [5.74, 6) is 0.365. The van der Waals surface area contributed by atoms with Gasteiger partial charge < -0.3 is 10.1 Å². The highest BCUT2D eigenvalue weighted by atomic mass is 32.1. The molecule has 1 aliphatic heterocycles. The van der Waals surface area contributed by atoms with Crippen LogP contribution in [-0.2, 0) is 4.79 Å². The molecule has 1 aliphatic rings. The number of carbonyl (C=O) groups is 1. The summed E-state index contributed by atoms with van der Waals surface area (Å²) in [7, 11) is 0. The number of anilines is 1. The van der Waals surface area contributed by atoms with E-state index in [2.05, 4.69) is 22.0 Å². The van der Waals surface area contributed by atoms with Gasteiger partial charge in [-0.25, -0.2) is 4.68 Å². The Morgan fingerprint density at radius 1 is 1.32 bits per heavy atom. The Kier molecular flexibility index (Phi) is 5.72. The van der Waals surface area contributed by atoms with Crippen LogP contribution in [0, 0.1) is 10.1 Å². The highest BCUT2D eigenvalue weighted by Gasteiger charge is 2.18. The van der Waals surface area contributed by atoms with E-state index in [1.165, 1.54) is 23.6 Å². The second-order valence-corrected chi connectivity index (χ2v) is 7.29. The number of thiazole rings is 1. The van der Waals surface area contributed by atoms with E-state index in [0.29, 0.717) is 34.0 Å². The zero-order valence-electron chi connectivity index (χ0n) is 16.2. The molecule has 0 spiro atoms. The third kappa shape index (κ3) is 4.28. The number of carbonyl (C=O) groups excluding carboxylic acids is 1. The van der Waals surface area contributed by atoms with E-state index in [4.69, 9.17) is 4.74 Å². The summed E-state index contributed by atoms with van der Waals surface area (Å²) < 4.78 is 7.03. The molecule has 9 nitrogen and oxygen atoms in total. The van der Waals surface area contributed by atoms with Crippen LogP contribution >= 0.6 is 11.3 Å². The molecule has 2 heterocycles. The number of hydrogen-bond acceptors (Lipinski definition) is 7. The molecule has 1 amide bonds. The Morgan fingerprint density at radius 3 is 2.97 bits per heavy atom. The summed E-state index contributed by atoms with van der Waals surface area (Å²) in [6.45, 7) is 4.06. The minimum absolute atomic E-state index is 0.0183. The lowest BCUT2D eigenvalue weighted by Gasteiger charge is -2.18. The minimum atomic E-state index is -0.449. The van der Waals surface area contributed by atoms with Gasteiger partial charge in [0.2, 0.25) is 4.80 Å². The van der Waals surface area contributed by atoms with Gasteiger partial charge in [-0.05, 0) is 24.3 Å². The molecule has 31 heavy (non-hydrogen) atoms. The van der Waals surface area contributed by atoms with Crippen LogP contribution in [0.1, 0.15) is 5.56 Å². The summed E-state index contributed by atoms with van der Waals surface area (Å²) in [6.07, 6.45) is 3.10. The van der Waals surface area contributed by atoms with Gasteiger partial charge in [0.25, 0.3) is 11.6 Å². The van der Waals surface area contributed by atoms with E-state index < -0.39 is 4.92 Å². The van der Waals surface area contributed by atoms with Crippen LogP contribution in [0.5, 0.6) is 5.75 Å². The van der Waals surface area contributed by atoms with Crippen molar-refractivity contribution in [3.05, 3.63) is 81.0 Å². The summed E-state index contributed by atoms with van der Waals surface area (Å²) in [6, 6.07) is 11.8. The first-order valence-corrected chi connectivity index (χ1v) is 10.1. The number of para-hydroxylation sites is 1. The van der Waals surface area contributed by atoms with Gasteiger partial charge in [0, 0.05) is 17.0 Å². The van der Waals surface area contributed by atoms with Gasteiger partial charge in [0.05, 0.1) is 34.6 Å². The minimum Gasteiger partial charge on any atom is -0.482 e. The molecular weight excluding hydrogens is 418 g/mol. The number of aromatic nitrogens is 1. The molecule has 0 saturated heterocycles. The molecule has 1 N–H and O–H groups in total. The third-order valence-corrected chi connectivity index (χ3v) is 5.25. The van der Waals surface area contributed by atoms with E-state index in [-0.39, 0.29) is 18.2 Å². The summed E-state index contributed by atoms with van der Waals surface area (Å²) in [5, 5.41) is 20.5. The normalized spacial score (nSPS) is 13.5. The van der Waals surface area contributed by atoms with Crippen molar-refractivity contribution in [3.8, 4) is 17.0 Å². The zero-order valence-corrected chi connectivity index (χ0v) is 17.0. The molecule has 0 saturated carbocycles. The van der Waals surface area contributed by atoms with Gasteiger partial charge in [0.1, 0.15) is 5.75 Å². The van der Waals surface area contributed by atoms with E-state index >= 15 is 0 Å². The fraction of sp³-hybridized carbons (Fsp3) is 0.0952. The van der Waals surface area contributed by atoms with Crippen LogP contribution < -0.4 is 14.9 Å². The Bertz CT molecular complexity index is 1270. The van der Waals surface area contributed by atoms with Crippen molar-refractivity contribution >= 4 is 34.8 Å². The maximum Gasteiger partial charge on any atom is 0.278 e. The Morgan fingerprint density at radius 2 is 2.16 bits per heavy atom. The topological polar surface area (TPSA) is 111 Å². The molecule has 0 aliphatic carbocycles. The second kappa shape index (κ2) is 8.76. The Hall–Kier alpha value is -4.05. The fourth-order valence-electron chi connectivity index (χ4n) is 2.99. The van der Waals surface area contributed by atoms with E-state index in [1.807, 2.05) is 11.4 Å². The summed E-state index contributed by atoms with van der Waals surface area (Å²) >= 11 is 1.38. The summed E-state index contributed by atoms with van der Waals surface area (Å²) in [4.78, 5) is 27.6. The van der Waals surface area contributed by atoms with Crippen LogP contribution in [0.3, 0.4) is 0 Å². The highest BCUT2D eigenvalue weighted by Crippen LogP contribution is 2.33. The van der Waals surface area contributed by atoms with Gasteiger partial charge in [-0.15, -0.1) is 17.9 Å².